The predicted octanol–water partition coefficient (Wildman–Crippen LogP) is 3.88. The highest BCUT2D eigenvalue weighted by Crippen LogP contribution is 2.33. The molecule has 4 heteroatoms. The molecule has 1 aliphatic rings. The minimum atomic E-state index is 0.148. The Morgan fingerprint density at radius 3 is 2.57 bits per heavy atom. The first-order valence-electron chi connectivity index (χ1n) is 8.12. The molecule has 0 aromatic carbocycles. The second kappa shape index (κ2) is 6.35. The summed E-state index contributed by atoms with van der Waals surface area (Å²) in [5.41, 5.74) is 1.35. The zero-order valence-corrected chi connectivity index (χ0v) is 15.5. The minimum absolute atomic E-state index is 0.148. The van der Waals surface area contributed by atoms with E-state index in [0.29, 0.717) is 18.1 Å². The molecule has 0 aliphatic carbocycles. The highest BCUT2D eigenvalue weighted by Gasteiger charge is 2.26. The Balaban J connectivity index is 2.04. The van der Waals surface area contributed by atoms with Crippen LogP contribution in [0.3, 0.4) is 0 Å². The van der Waals surface area contributed by atoms with E-state index in [1.54, 1.807) is 0 Å². The molecule has 1 N–H and O–H groups in total. The topological polar surface area (TPSA) is 28.2 Å². The van der Waals surface area contributed by atoms with Crippen molar-refractivity contribution in [3.63, 3.8) is 0 Å². The number of aryl methyl sites for hydroxylation is 1. The number of aromatic nitrogens is 1. The summed E-state index contributed by atoms with van der Waals surface area (Å²) >= 11 is 1.88. The molecule has 1 aromatic rings. The van der Waals surface area contributed by atoms with Crippen molar-refractivity contribution in [3.05, 3.63) is 15.6 Å². The number of hydrogen-bond donors (Lipinski definition) is 1. The molecule has 2 rings (SSSR count). The van der Waals surface area contributed by atoms with Crippen LogP contribution >= 0.6 is 11.3 Å². The maximum Gasteiger partial charge on any atom is 0.0985 e. The molecule has 1 saturated heterocycles. The van der Waals surface area contributed by atoms with Crippen molar-refractivity contribution in [1.29, 1.82) is 0 Å². The van der Waals surface area contributed by atoms with Gasteiger partial charge < -0.3 is 10.2 Å². The van der Waals surface area contributed by atoms with E-state index in [-0.39, 0.29) is 5.41 Å². The van der Waals surface area contributed by atoms with E-state index in [4.69, 9.17) is 4.98 Å². The molecule has 0 radical (unpaired) electrons. The smallest absolute Gasteiger partial charge is 0.0985 e. The van der Waals surface area contributed by atoms with E-state index in [2.05, 4.69) is 58.8 Å². The Hall–Kier alpha value is -0.450. The standard InChI is InChI=1S/C17H31N3S/c1-11-10-14(8-9-20(11)7)18-12(2)15-13(3)19-16(21-15)17(4,5)6/h11-12,14,18H,8-10H2,1-7H3. The summed E-state index contributed by atoms with van der Waals surface area (Å²) in [4.78, 5) is 8.66. The highest BCUT2D eigenvalue weighted by molar-refractivity contribution is 7.12. The molecule has 120 valence electrons. The Kier molecular flexibility index (Phi) is 5.11. The molecule has 1 fully saturated rings. The lowest BCUT2D eigenvalue weighted by molar-refractivity contribution is 0.163. The Morgan fingerprint density at radius 1 is 1.38 bits per heavy atom. The van der Waals surface area contributed by atoms with Crippen molar-refractivity contribution in [2.24, 2.45) is 0 Å². The van der Waals surface area contributed by atoms with Gasteiger partial charge in [0, 0.05) is 28.4 Å². The maximum atomic E-state index is 4.79. The van der Waals surface area contributed by atoms with E-state index >= 15 is 0 Å². The van der Waals surface area contributed by atoms with Gasteiger partial charge in [-0.3, -0.25) is 0 Å². The van der Waals surface area contributed by atoms with Crippen molar-refractivity contribution >= 4 is 11.3 Å². The summed E-state index contributed by atoms with van der Waals surface area (Å²) in [6.45, 7) is 14.7. The molecule has 3 unspecified atom stereocenters. The molecule has 0 amide bonds. The number of nitrogens with one attached hydrogen (secondary N) is 1. The van der Waals surface area contributed by atoms with Crippen LogP contribution in [0.25, 0.3) is 0 Å². The molecule has 2 heterocycles. The summed E-state index contributed by atoms with van der Waals surface area (Å²) in [5.74, 6) is 0. The molecule has 0 spiro atoms. The second-order valence-corrected chi connectivity index (χ2v) is 8.69. The zero-order valence-electron chi connectivity index (χ0n) is 14.7. The molecule has 0 bridgehead atoms. The quantitative estimate of drug-likeness (QED) is 0.918. The van der Waals surface area contributed by atoms with Gasteiger partial charge in [-0.1, -0.05) is 20.8 Å². The molecule has 21 heavy (non-hydrogen) atoms. The molecule has 1 aromatic heterocycles. The van der Waals surface area contributed by atoms with Gasteiger partial charge in [-0.2, -0.15) is 0 Å². The van der Waals surface area contributed by atoms with Crippen LogP contribution in [0.5, 0.6) is 0 Å². The Morgan fingerprint density at radius 2 is 2.05 bits per heavy atom. The van der Waals surface area contributed by atoms with Crippen LogP contribution in [0.15, 0.2) is 0 Å². The first-order chi connectivity index (χ1) is 9.68. The van der Waals surface area contributed by atoms with E-state index < -0.39 is 0 Å². The molecular weight excluding hydrogens is 278 g/mol. The number of nitrogens with zero attached hydrogens (tertiary/aromatic N) is 2. The van der Waals surface area contributed by atoms with E-state index in [1.165, 1.54) is 35.0 Å². The van der Waals surface area contributed by atoms with Crippen molar-refractivity contribution < 1.29 is 0 Å². The summed E-state index contributed by atoms with van der Waals surface area (Å²) in [7, 11) is 2.23. The minimum Gasteiger partial charge on any atom is -0.307 e. The normalized spacial score (nSPS) is 26.0. The third-order valence-electron chi connectivity index (χ3n) is 4.56. The van der Waals surface area contributed by atoms with Gasteiger partial charge in [0.2, 0.25) is 0 Å². The summed E-state index contributed by atoms with van der Waals surface area (Å²) in [6.07, 6.45) is 2.49. The Labute approximate surface area is 134 Å². The van der Waals surface area contributed by atoms with Crippen LogP contribution < -0.4 is 5.32 Å². The van der Waals surface area contributed by atoms with Gasteiger partial charge in [0.25, 0.3) is 0 Å². The molecular formula is C17H31N3S. The van der Waals surface area contributed by atoms with Gasteiger partial charge in [0.05, 0.1) is 10.7 Å². The summed E-state index contributed by atoms with van der Waals surface area (Å²) in [5, 5.41) is 5.09. The fourth-order valence-corrected chi connectivity index (χ4v) is 4.14. The van der Waals surface area contributed by atoms with Crippen molar-refractivity contribution in [3.8, 4) is 0 Å². The van der Waals surface area contributed by atoms with Gasteiger partial charge in [-0.05, 0) is 47.2 Å². The average molecular weight is 310 g/mol. The lowest BCUT2D eigenvalue weighted by Gasteiger charge is -2.36. The third-order valence-corrected chi connectivity index (χ3v) is 6.33. The average Bonchev–Trinajstić information content (AvgIpc) is 2.76. The third kappa shape index (κ3) is 4.05. The van der Waals surface area contributed by atoms with E-state index in [0.717, 1.165) is 0 Å². The summed E-state index contributed by atoms with van der Waals surface area (Å²) in [6, 6.07) is 1.71. The SMILES string of the molecule is Cc1nc(C(C)(C)C)sc1C(C)NC1CCN(C)C(C)C1. The van der Waals surface area contributed by atoms with Crippen molar-refractivity contribution in [2.75, 3.05) is 13.6 Å². The number of hydrogen-bond acceptors (Lipinski definition) is 4. The number of thiazole rings is 1. The first kappa shape index (κ1) is 16.9. The fourth-order valence-electron chi connectivity index (χ4n) is 3.00. The van der Waals surface area contributed by atoms with Gasteiger partial charge in [-0.25, -0.2) is 4.98 Å². The lowest BCUT2D eigenvalue weighted by atomic mass is 9.98. The maximum absolute atomic E-state index is 4.79. The summed E-state index contributed by atoms with van der Waals surface area (Å²) < 4.78 is 0. The van der Waals surface area contributed by atoms with Crippen LogP contribution in [0.2, 0.25) is 0 Å². The van der Waals surface area contributed by atoms with Gasteiger partial charge in [0.15, 0.2) is 0 Å². The molecule has 3 nitrogen and oxygen atoms in total. The van der Waals surface area contributed by atoms with E-state index in [1.807, 2.05) is 11.3 Å². The highest BCUT2D eigenvalue weighted by atomic mass is 32.1. The van der Waals surface area contributed by atoms with Crippen LogP contribution in [0.1, 0.15) is 69.1 Å². The Bertz CT molecular complexity index is 475. The zero-order chi connectivity index (χ0) is 15.8. The molecule has 1 aliphatic heterocycles. The monoisotopic (exact) mass is 309 g/mol. The van der Waals surface area contributed by atoms with Crippen molar-refractivity contribution in [1.82, 2.24) is 15.2 Å². The number of likely N-dealkylation sites (tertiary alicyclic amines) is 1. The van der Waals surface area contributed by atoms with Crippen LogP contribution in [-0.4, -0.2) is 35.6 Å². The largest absolute Gasteiger partial charge is 0.307 e. The van der Waals surface area contributed by atoms with Gasteiger partial charge in [0.1, 0.15) is 0 Å². The lowest BCUT2D eigenvalue weighted by Crippen LogP contribution is -2.46. The fraction of sp³-hybridized carbons (Fsp3) is 0.824. The molecule has 3 atom stereocenters. The predicted molar refractivity (Wildman–Crippen MR) is 92.2 cm³/mol. The van der Waals surface area contributed by atoms with Crippen LogP contribution in [0, 0.1) is 6.92 Å². The van der Waals surface area contributed by atoms with Crippen molar-refractivity contribution in [2.45, 2.75) is 77.9 Å². The van der Waals surface area contributed by atoms with Gasteiger partial charge in [-0.15, -0.1) is 11.3 Å². The number of rotatable bonds is 3. The van der Waals surface area contributed by atoms with Crippen LogP contribution in [0.4, 0.5) is 0 Å². The van der Waals surface area contributed by atoms with Gasteiger partial charge >= 0.3 is 0 Å². The number of piperidine rings is 1. The van der Waals surface area contributed by atoms with Crippen LogP contribution in [-0.2, 0) is 5.41 Å². The second-order valence-electron chi connectivity index (χ2n) is 7.66. The van der Waals surface area contributed by atoms with E-state index in [9.17, 15) is 0 Å². The first-order valence-corrected chi connectivity index (χ1v) is 8.94. The molecule has 0 saturated carbocycles.